The second-order valence-electron chi connectivity index (χ2n) is 4.66. The van der Waals surface area contributed by atoms with E-state index >= 15 is 0 Å². The SMILES string of the molecule is C/C=C/c1nc2cc(CCCCCC)ccc2s1. The van der Waals surface area contributed by atoms with Gasteiger partial charge in [-0.2, -0.15) is 0 Å². The Bertz CT molecular complexity index is 525. The highest BCUT2D eigenvalue weighted by Gasteiger charge is 2.02. The van der Waals surface area contributed by atoms with Gasteiger partial charge < -0.3 is 0 Å². The zero-order valence-corrected chi connectivity index (χ0v) is 12.1. The van der Waals surface area contributed by atoms with Crippen LogP contribution in [-0.2, 0) is 6.42 Å². The molecule has 0 amide bonds. The molecule has 0 aliphatic carbocycles. The molecule has 0 saturated heterocycles. The zero-order chi connectivity index (χ0) is 12.8. The normalized spacial score (nSPS) is 11.7. The molecule has 1 aromatic carbocycles. The Morgan fingerprint density at radius 3 is 2.89 bits per heavy atom. The van der Waals surface area contributed by atoms with Crippen LogP contribution in [0.5, 0.6) is 0 Å². The Hall–Kier alpha value is -1.15. The van der Waals surface area contributed by atoms with Crippen LogP contribution < -0.4 is 0 Å². The Balaban J connectivity index is 2.06. The molecule has 0 aliphatic heterocycles. The molecule has 0 bridgehead atoms. The minimum atomic E-state index is 1.11. The summed E-state index contributed by atoms with van der Waals surface area (Å²) in [7, 11) is 0. The first kappa shape index (κ1) is 13.3. The average Bonchev–Trinajstić information content (AvgIpc) is 2.76. The monoisotopic (exact) mass is 259 g/mol. The summed E-state index contributed by atoms with van der Waals surface area (Å²) < 4.78 is 1.29. The number of hydrogen-bond acceptors (Lipinski definition) is 2. The van der Waals surface area contributed by atoms with Gasteiger partial charge in [-0.1, -0.05) is 38.3 Å². The van der Waals surface area contributed by atoms with Crippen molar-refractivity contribution < 1.29 is 0 Å². The van der Waals surface area contributed by atoms with Crippen molar-refractivity contribution in [3.63, 3.8) is 0 Å². The Morgan fingerprint density at radius 1 is 1.22 bits per heavy atom. The first-order valence-corrected chi connectivity index (χ1v) is 7.67. The number of hydrogen-bond donors (Lipinski definition) is 0. The number of aromatic nitrogens is 1. The molecule has 2 aromatic rings. The lowest BCUT2D eigenvalue weighted by molar-refractivity contribution is 0.667. The summed E-state index contributed by atoms with van der Waals surface area (Å²) in [4.78, 5) is 4.64. The summed E-state index contributed by atoms with van der Waals surface area (Å²) in [5.74, 6) is 0. The summed E-state index contributed by atoms with van der Waals surface area (Å²) in [6, 6.07) is 6.73. The van der Waals surface area contributed by atoms with Crippen LogP contribution in [0.15, 0.2) is 24.3 Å². The molecular weight excluding hydrogens is 238 g/mol. The van der Waals surface area contributed by atoms with E-state index in [0.717, 1.165) is 10.5 Å². The first-order valence-electron chi connectivity index (χ1n) is 6.85. The molecule has 0 aliphatic rings. The highest BCUT2D eigenvalue weighted by Crippen LogP contribution is 2.24. The Morgan fingerprint density at radius 2 is 2.11 bits per heavy atom. The quantitative estimate of drug-likeness (QED) is 0.628. The molecule has 2 heteroatoms. The smallest absolute Gasteiger partial charge is 0.117 e. The molecule has 96 valence electrons. The molecule has 1 nitrogen and oxygen atoms in total. The standard InChI is InChI=1S/C16H21NS/c1-3-5-6-7-9-13-10-11-15-14(12-13)17-16(18-15)8-4-2/h4,8,10-12H,3,5-7,9H2,1-2H3/b8-4+. The second kappa shape index (κ2) is 6.69. The van der Waals surface area contributed by atoms with E-state index in [1.54, 1.807) is 11.3 Å². The van der Waals surface area contributed by atoms with Gasteiger partial charge in [0.15, 0.2) is 0 Å². The second-order valence-corrected chi connectivity index (χ2v) is 5.73. The van der Waals surface area contributed by atoms with Crippen molar-refractivity contribution in [1.29, 1.82) is 0 Å². The Kier molecular flexibility index (Phi) is 4.94. The van der Waals surface area contributed by atoms with Crippen molar-refractivity contribution >= 4 is 27.6 Å². The minimum absolute atomic E-state index is 1.11. The van der Waals surface area contributed by atoms with Crippen LogP contribution in [0.25, 0.3) is 16.3 Å². The summed E-state index contributed by atoms with van der Waals surface area (Å²) >= 11 is 1.76. The third-order valence-electron chi connectivity index (χ3n) is 3.10. The maximum atomic E-state index is 4.64. The molecule has 0 atom stereocenters. The van der Waals surface area contributed by atoms with Crippen LogP contribution in [-0.4, -0.2) is 4.98 Å². The fourth-order valence-corrected chi connectivity index (χ4v) is 3.03. The number of rotatable bonds is 6. The lowest BCUT2D eigenvalue weighted by atomic mass is 10.1. The van der Waals surface area contributed by atoms with Crippen molar-refractivity contribution in [3.8, 4) is 0 Å². The molecule has 0 unspecified atom stereocenters. The molecule has 0 N–H and O–H groups in total. The van der Waals surface area contributed by atoms with Crippen molar-refractivity contribution in [3.05, 3.63) is 34.8 Å². The lowest BCUT2D eigenvalue weighted by Crippen LogP contribution is -1.85. The van der Waals surface area contributed by atoms with E-state index in [1.807, 2.05) is 13.0 Å². The number of thiazole rings is 1. The van der Waals surface area contributed by atoms with Crippen LogP contribution in [0.1, 0.15) is 50.1 Å². The Labute approximate surface area is 114 Å². The summed E-state index contributed by atoms with van der Waals surface area (Å²) in [5, 5.41) is 1.11. The van der Waals surface area contributed by atoms with E-state index in [-0.39, 0.29) is 0 Å². The van der Waals surface area contributed by atoms with Gasteiger partial charge in [0.2, 0.25) is 0 Å². The van der Waals surface area contributed by atoms with Gasteiger partial charge in [-0.3, -0.25) is 0 Å². The third kappa shape index (κ3) is 3.42. The fourth-order valence-electron chi connectivity index (χ4n) is 2.12. The number of unbranched alkanes of at least 4 members (excludes halogenated alkanes) is 3. The van der Waals surface area contributed by atoms with Gasteiger partial charge in [-0.05, 0) is 43.5 Å². The maximum absolute atomic E-state index is 4.64. The van der Waals surface area contributed by atoms with Gasteiger partial charge >= 0.3 is 0 Å². The zero-order valence-electron chi connectivity index (χ0n) is 11.3. The van der Waals surface area contributed by atoms with Crippen molar-refractivity contribution in [1.82, 2.24) is 4.98 Å². The number of allylic oxidation sites excluding steroid dienone is 1. The lowest BCUT2D eigenvalue weighted by Gasteiger charge is -2.00. The van der Waals surface area contributed by atoms with E-state index in [4.69, 9.17) is 0 Å². The van der Waals surface area contributed by atoms with E-state index < -0.39 is 0 Å². The van der Waals surface area contributed by atoms with Crippen LogP contribution in [0.2, 0.25) is 0 Å². The van der Waals surface area contributed by atoms with Gasteiger partial charge in [0.1, 0.15) is 5.01 Å². The molecular formula is C16H21NS. The molecule has 1 heterocycles. The largest absolute Gasteiger partial charge is 0.237 e. The number of nitrogens with zero attached hydrogens (tertiary/aromatic N) is 1. The number of fused-ring (bicyclic) bond motifs is 1. The topological polar surface area (TPSA) is 12.9 Å². The molecule has 0 spiro atoms. The molecule has 0 radical (unpaired) electrons. The van der Waals surface area contributed by atoms with Gasteiger partial charge in [-0.25, -0.2) is 4.98 Å². The number of aryl methyl sites for hydroxylation is 1. The fraction of sp³-hybridized carbons (Fsp3) is 0.438. The van der Waals surface area contributed by atoms with Gasteiger partial charge in [0.25, 0.3) is 0 Å². The molecule has 2 rings (SSSR count). The van der Waals surface area contributed by atoms with Gasteiger partial charge in [0.05, 0.1) is 10.2 Å². The molecule has 1 aromatic heterocycles. The first-order chi connectivity index (χ1) is 8.83. The van der Waals surface area contributed by atoms with E-state index in [9.17, 15) is 0 Å². The predicted octanol–water partition coefficient (Wildman–Crippen LogP) is 5.45. The van der Waals surface area contributed by atoms with Crippen LogP contribution in [0, 0.1) is 0 Å². The van der Waals surface area contributed by atoms with Crippen LogP contribution >= 0.6 is 11.3 Å². The predicted molar refractivity (Wildman–Crippen MR) is 82.2 cm³/mol. The van der Waals surface area contributed by atoms with Gasteiger partial charge in [-0.15, -0.1) is 11.3 Å². The third-order valence-corrected chi connectivity index (χ3v) is 4.10. The highest BCUT2D eigenvalue weighted by molar-refractivity contribution is 7.19. The highest BCUT2D eigenvalue weighted by atomic mass is 32.1. The van der Waals surface area contributed by atoms with E-state index in [1.165, 1.54) is 42.4 Å². The molecule has 0 saturated carbocycles. The summed E-state index contributed by atoms with van der Waals surface area (Å²) in [6.07, 6.45) is 10.6. The molecule has 18 heavy (non-hydrogen) atoms. The van der Waals surface area contributed by atoms with Crippen molar-refractivity contribution in [2.75, 3.05) is 0 Å². The van der Waals surface area contributed by atoms with Gasteiger partial charge in [0, 0.05) is 0 Å². The minimum Gasteiger partial charge on any atom is -0.237 e. The van der Waals surface area contributed by atoms with Crippen molar-refractivity contribution in [2.45, 2.75) is 46.0 Å². The van der Waals surface area contributed by atoms with Crippen LogP contribution in [0.3, 0.4) is 0 Å². The molecule has 0 fully saturated rings. The summed E-state index contributed by atoms with van der Waals surface area (Å²) in [5.41, 5.74) is 2.58. The van der Waals surface area contributed by atoms with Crippen LogP contribution in [0.4, 0.5) is 0 Å². The van der Waals surface area contributed by atoms with E-state index in [2.05, 4.69) is 36.2 Å². The summed E-state index contributed by atoms with van der Waals surface area (Å²) in [6.45, 7) is 4.29. The average molecular weight is 259 g/mol. The van der Waals surface area contributed by atoms with Crippen molar-refractivity contribution in [2.24, 2.45) is 0 Å². The maximum Gasteiger partial charge on any atom is 0.117 e. The van der Waals surface area contributed by atoms with E-state index in [0.29, 0.717) is 0 Å². The number of benzene rings is 1.